The zero-order valence-corrected chi connectivity index (χ0v) is 17.2. The molecule has 30 heavy (non-hydrogen) atoms. The largest absolute Gasteiger partial charge is 0.440 e. The topological polar surface area (TPSA) is 130 Å². The quantitative estimate of drug-likeness (QED) is 0.552. The summed E-state index contributed by atoms with van der Waals surface area (Å²) in [6.45, 7) is 1.34. The predicted octanol–water partition coefficient (Wildman–Crippen LogP) is 3.29. The van der Waals surface area contributed by atoms with Gasteiger partial charge in [0, 0.05) is 24.2 Å². The lowest BCUT2D eigenvalue weighted by atomic mass is 10.1. The number of carbonyl (C=O) groups excluding carboxylic acids is 2. The summed E-state index contributed by atoms with van der Waals surface area (Å²) in [5, 5.41) is 5.32. The average molecular weight is 428 g/mol. The van der Waals surface area contributed by atoms with Crippen molar-refractivity contribution in [2.75, 3.05) is 21.6 Å². The van der Waals surface area contributed by atoms with Crippen LogP contribution in [0.2, 0.25) is 0 Å². The fourth-order valence-corrected chi connectivity index (χ4v) is 3.61. The van der Waals surface area contributed by atoms with Gasteiger partial charge >= 0.3 is 0 Å². The third kappa shape index (κ3) is 4.60. The Kier molecular flexibility index (Phi) is 4.94. The summed E-state index contributed by atoms with van der Waals surface area (Å²) in [4.78, 5) is 28.7. The van der Waals surface area contributed by atoms with Crippen LogP contribution in [-0.2, 0) is 14.8 Å². The molecule has 1 aliphatic rings. The molecule has 0 aliphatic heterocycles. The van der Waals surface area contributed by atoms with Gasteiger partial charge in [-0.05, 0) is 49.2 Å². The Morgan fingerprint density at radius 3 is 2.43 bits per heavy atom. The van der Waals surface area contributed by atoms with Crippen LogP contribution in [0, 0.1) is 0 Å². The molecule has 0 saturated heterocycles. The van der Waals surface area contributed by atoms with Gasteiger partial charge in [0.2, 0.25) is 15.9 Å². The Morgan fingerprint density at radius 1 is 1.07 bits per heavy atom. The molecule has 2 aromatic carbocycles. The molecule has 0 atom stereocenters. The molecule has 2 amide bonds. The van der Waals surface area contributed by atoms with Crippen molar-refractivity contribution in [3.63, 3.8) is 0 Å². The third-order valence-electron chi connectivity index (χ3n) is 4.47. The van der Waals surface area contributed by atoms with Gasteiger partial charge in [-0.25, -0.2) is 13.4 Å². The molecule has 9 nitrogen and oxygen atoms in total. The number of nitrogens with one attached hydrogen (secondary N) is 3. The Balaban J connectivity index is 1.63. The van der Waals surface area contributed by atoms with E-state index in [2.05, 4.69) is 20.3 Å². The first-order valence-corrected chi connectivity index (χ1v) is 11.2. The van der Waals surface area contributed by atoms with Crippen molar-refractivity contribution in [2.24, 2.45) is 0 Å². The molecule has 0 bridgehead atoms. The summed E-state index contributed by atoms with van der Waals surface area (Å²) in [7, 11) is -3.61. The van der Waals surface area contributed by atoms with E-state index in [-0.39, 0.29) is 17.2 Å². The van der Waals surface area contributed by atoms with Crippen molar-refractivity contribution >= 4 is 50.0 Å². The second-order valence-corrected chi connectivity index (χ2v) is 9.03. The van der Waals surface area contributed by atoms with Gasteiger partial charge in [0.1, 0.15) is 5.52 Å². The number of amides is 2. The van der Waals surface area contributed by atoms with E-state index >= 15 is 0 Å². The van der Waals surface area contributed by atoms with Crippen LogP contribution in [0.15, 0.2) is 40.8 Å². The fraction of sp³-hybridized carbons (Fsp3) is 0.250. The third-order valence-corrected chi connectivity index (χ3v) is 5.06. The SMILES string of the molecule is CC(=O)Nc1ccc(NS(C)(=O)=O)c(C(=O)Nc2ccc3oc(C4CC4)nc3c2)c1. The first-order chi connectivity index (χ1) is 14.2. The number of rotatable bonds is 6. The Hall–Kier alpha value is -3.40. The molecular formula is C20H20N4O5S. The van der Waals surface area contributed by atoms with Crippen LogP contribution in [0.4, 0.5) is 17.1 Å². The first-order valence-electron chi connectivity index (χ1n) is 9.29. The van der Waals surface area contributed by atoms with Gasteiger partial charge in [0.15, 0.2) is 11.5 Å². The number of oxazole rings is 1. The molecule has 1 aliphatic carbocycles. The van der Waals surface area contributed by atoms with E-state index in [1.165, 1.54) is 25.1 Å². The van der Waals surface area contributed by atoms with Gasteiger partial charge < -0.3 is 15.1 Å². The van der Waals surface area contributed by atoms with E-state index in [9.17, 15) is 18.0 Å². The monoisotopic (exact) mass is 428 g/mol. The first kappa shape index (κ1) is 19.9. The lowest BCUT2D eigenvalue weighted by molar-refractivity contribution is -0.114. The Bertz CT molecular complexity index is 1260. The number of carbonyl (C=O) groups is 2. The number of anilines is 3. The molecule has 156 valence electrons. The van der Waals surface area contributed by atoms with Crippen molar-refractivity contribution in [3.8, 4) is 0 Å². The van der Waals surface area contributed by atoms with E-state index in [0.717, 1.165) is 19.1 Å². The minimum Gasteiger partial charge on any atom is -0.440 e. The predicted molar refractivity (Wildman–Crippen MR) is 113 cm³/mol. The number of hydrogen-bond acceptors (Lipinski definition) is 6. The van der Waals surface area contributed by atoms with Crippen LogP contribution in [0.25, 0.3) is 11.1 Å². The average Bonchev–Trinajstić information content (AvgIpc) is 3.41. The highest BCUT2D eigenvalue weighted by atomic mass is 32.2. The lowest BCUT2D eigenvalue weighted by Crippen LogP contribution is -2.18. The summed E-state index contributed by atoms with van der Waals surface area (Å²) >= 11 is 0. The molecule has 10 heteroatoms. The van der Waals surface area contributed by atoms with Crippen molar-refractivity contribution in [1.29, 1.82) is 0 Å². The highest BCUT2D eigenvalue weighted by molar-refractivity contribution is 7.92. The minimum absolute atomic E-state index is 0.0607. The van der Waals surface area contributed by atoms with E-state index in [4.69, 9.17) is 4.42 Å². The number of hydrogen-bond donors (Lipinski definition) is 3. The van der Waals surface area contributed by atoms with Crippen LogP contribution >= 0.6 is 0 Å². The second-order valence-electron chi connectivity index (χ2n) is 7.28. The standard InChI is InChI=1S/C20H20N4O5S/c1-11(25)21-13-5-7-16(24-30(2,27)28)15(9-13)19(26)22-14-6-8-18-17(10-14)23-20(29-18)12-3-4-12/h5-10,12,24H,3-4H2,1-2H3,(H,21,25)(H,22,26). The maximum Gasteiger partial charge on any atom is 0.257 e. The molecule has 0 radical (unpaired) electrons. The summed E-state index contributed by atoms with van der Waals surface area (Å²) < 4.78 is 31.4. The normalized spacial score (nSPS) is 13.8. The zero-order chi connectivity index (χ0) is 21.5. The van der Waals surface area contributed by atoms with Crippen molar-refractivity contribution < 1.29 is 22.4 Å². The Labute approximate surface area is 172 Å². The molecule has 1 saturated carbocycles. The second kappa shape index (κ2) is 7.45. The maximum atomic E-state index is 12.9. The zero-order valence-electron chi connectivity index (χ0n) is 16.4. The molecular weight excluding hydrogens is 408 g/mol. The molecule has 3 N–H and O–H groups in total. The Morgan fingerprint density at radius 2 is 1.77 bits per heavy atom. The molecule has 0 unspecified atom stereocenters. The van der Waals surface area contributed by atoms with Gasteiger partial charge in [-0.15, -0.1) is 0 Å². The number of sulfonamides is 1. The summed E-state index contributed by atoms with van der Waals surface area (Å²) in [6, 6.07) is 9.45. The molecule has 3 aromatic rings. The summed E-state index contributed by atoms with van der Waals surface area (Å²) in [6.07, 6.45) is 3.13. The maximum absolute atomic E-state index is 12.9. The number of fused-ring (bicyclic) bond motifs is 1. The fourth-order valence-electron chi connectivity index (χ4n) is 3.03. The highest BCUT2D eigenvalue weighted by Crippen LogP contribution is 2.40. The van der Waals surface area contributed by atoms with Crippen molar-refractivity contribution in [3.05, 3.63) is 47.9 Å². The molecule has 1 heterocycles. The molecule has 0 spiro atoms. The van der Waals surface area contributed by atoms with Gasteiger partial charge in [-0.2, -0.15) is 0 Å². The van der Waals surface area contributed by atoms with Gasteiger partial charge in [0.25, 0.3) is 5.91 Å². The van der Waals surface area contributed by atoms with Gasteiger partial charge in [-0.1, -0.05) is 0 Å². The van der Waals surface area contributed by atoms with Gasteiger partial charge in [0.05, 0.1) is 17.5 Å². The van der Waals surface area contributed by atoms with Crippen LogP contribution in [-0.4, -0.2) is 31.5 Å². The van der Waals surface area contributed by atoms with Crippen LogP contribution in [0.5, 0.6) is 0 Å². The number of nitrogens with zero attached hydrogens (tertiary/aromatic N) is 1. The highest BCUT2D eigenvalue weighted by Gasteiger charge is 2.29. The number of aromatic nitrogens is 1. The molecule has 1 aromatic heterocycles. The van der Waals surface area contributed by atoms with Crippen LogP contribution in [0.1, 0.15) is 41.9 Å². The summed E-state index contributed by atoms with van der Waals surface area (Å²) in [5.41, 5.74) is 2.29. The summed E-state index contributed by atoms with van der Waals surface area (Å²) in [5.74, 6) is 0.222. The van der Waals surface area contributed by atoms with Crippen LogP contribution < -0.4 is 15.4 Å². The lowest BCUT2D eigenvalue weighted by Gasteiger charge is -2.13. The molecule has 1 fully saturated rings. The smallest absolute Gasteiger partial charge is 0.257 e. The van der Waals surface area contributed by atoms with E-state index in [1.54, 1.807) is 18.2 Å². The van der Waals surface area contributed by atoms with E-state index < -0.39 is 15.9 Å². The molecule has 4 rings (SSSR count). The van der Waals surface area contributed by atoms with Gasteiger partial charge in [-0.3, -0.25) is 14.3 Å². The van der Waals surface area contributed by atoms with E-state index in [1.807, 2.05) is 0 Å². The van der Waals surface area contributed by atoms with Crippen molar-refractivity contribution in [1.82, 2.24) is 4.98 Å². The van der Waals surface area contributed by atoms with Crippen LogP contribution in [0.3, 0.4) is 0 Å². The minimum atomic E-state index is -3.61. The number of benzene rings is 2. The van der Waals surface area contributed by atoms with E-state index in [0.29, 0.717) is 34.3 Å². The van der Waals surface area contributed by atoms with Crippen molar-refractivity contribution in [2.45, 2.75) is 25.7 Å².